The normalized spacial score (nSPS) is 11.3. The summed E-state index contributed by atoms with van der Waals surface area (Å²) in [5.41, 5.74) is 0. The van der Waals surface area contributed by atoms with Crippen LogP contribution < -0.4 is 16.0 Å². The number of amides is 1. The molecule has 0 spiro atoms. The van der Waals surface area contributed by atoms with E-state index >= 15 is 0 Å². The van der Waals surface area contributed by atoms with Gasteiger partial charge in [0.1, 0.15) is 5.01 Å². The van der Waals surface area contributed by atoms with Crippen molar-refractivity contribution in [2.24, 2.45) is 4.99 Å². The Bertz CT molecular complexity index is 651. The van der Waals surface area contributed by atoms with Crippen LogP contribution >= 0.6 is 22.7 Å². The average Bonchev–Trinajstić information content (AvgIpc) is 3.23. The van der Waals surface area contributed by atoms with Gasteiger partial charge in [-0.1, -0.05) is 6.07 Å². The highest BCUT2D eigenvalue weighted by atomic mass is 32.1. The Labute approximate surface area is 150 Å². The number of thiazole rings is 1. The Morgan fingerprint density at radius 2 is 2.12 bits per heavy atom. The molecule has 0 bridgehead atoms. The molecule has 24 heavy (non-hydrogen) atoms. The van der Waals surface area contributed by atoms with E-state index in [2.05, 4.69) is 25.9 Å². The average molecular weight is 366 g/mol. The van der Waals surface area contributed by atoms with Gasteiger partial charge in [-0.25, -0.2) is 9.98 Å². The molecule has 0 aromatic carbocycles. The molecule has 1 amide bonds. The number of aliphatic imine (C=N–C) groups is 1. The van der Waals surface area contributed by atoms with Crippen LogP contribution in [0.25, 0.3) is 0 Å². The summed E-state index contributed by atoms with van der Waals surface area (Å²) in [4.78, 5) is 22.6. The van der Waals surface area contributed by atoms with Crippen molar-refractivity contribution in [2.45, 2.75) is 26.8 Å². The molecule has 2 aromatic rings. The maximum atomic E-state index is 11.8. The van der Waals surface area contributed by atoms with E-state index in [1.165, 1.54) is 16.2 Å². The summed E-state index contributed by atoms with van der Waals surface area (Å²) in [6.07, 6.45) is 2.70. The molecule has 0 aliphatic heterocycles. The fraction of sp³-hybridized carbons (Fsp3) is 0.438. The number of guanidine groups is 1. The fourth-order valence-corrected chi connectivity index (χ4v) is 3.31. The van der Waals surface area contributed by atoms with Crippen LogP contribution in [-0.2, 0) is 6.54 Å². The van der Waals surface area contributed by atoms with Crippen LogP contribution in [0.2, 0.25) is 0 Å². The van der Waals surface area contributed by atoms with Crippen LogP contribution in [0, 0.1) is 6.92 Å². The first kappa shape index (κ1) is 18.4. The molecule has 3 N–H and O–H groups in total. The van der Waals surface area contributed by atoms with Gasteiger partial charge in [0, 0.05) is 30.7 Å². The lowest BCUT2D eigenvalue weighted by Crippen LogP contribution is -2.38. The smallest absolute Gasteiger partial charge is 0.261 e. The Hall–Kier alpha value is -1.93. The third-order valence-corrected chi connectivity index (χ3v) is 4.83. The number of nitrogens with zero attached hydrogens (tertiary/aromatic N) is 2. The molecule has 0 saturated heterocycles. The lowest BCUT2D eigenvalue weighted by Gasteiger charge is -2.11. The molecule has 0 aliphatic rings. The van der Waals surface area contributed by atoms with Gasteiger partial charge in [-0.05, 0) is 31.7 Å². The van der Waals surface area contributed by atoms with E-state index in [-0.39, 0.29) is 5.91 Å². The second kappa shape index (κ2) is 10.0. The molecule has 130 valence electrons. The van der Waals surface area contributed by atoms with E-state index < -0.39 is 0 Å². The second-order valence-corrected chi connectivity index (χ2v) is 7.34. The molecule has 2 aromatic heterocycles. The first-order chi connectivity index (χ1) is 11.7. The Kier molecular flexibility index (Phi) is 7.70. The van der Waals surface area contributed by atoms with Gasteiger partial charge < -0.3 is 16.0 Å². The summed E-state index contributed by atoms with van der Waals surface area (Å²) in [5, 5.41) is 12.3. The minimum atomic E-state index is -0.00952. The van der Waals surface area contributed by atoms with Crippen molar-refractivity contribution in [3.63, 3.8) is 0 Å². The maximum absolute atomic E-state index is 11.8. The van der Waals surface area contributed by atoms with Crippen LogP contribution in [0.5, 0.6) is 0 Å². The van der Waals surface area contributed by atoms with Gasteiger partial charge in [0.25, 0.3) is 5.91 Å². The lowest BCUT2D eigenvalue weighted by molar-refractivity contribution is 0.0957. The van der Waals surface area contributed by atoms with Gasteiger partial charge in [0.15, 0.2) is 5.96 Å². The summed E-state index contributed by atoms with van der Waals surface area (Å²) < 4.78 is 0. The summed E-state index contributed by atoms with van der Waals surface area (Å²) in [7, 11) is 0. The first-order valence-corrected chi connectivity index (χ1v) is 9.64. The highest BCUT2D eigenvalue weighted by molar-refractivity contribution is 7.12. The van der Waals surface area contributed by atoms with Crippen molar-refractivity contribution in [1.29, 1.82) is 0 Å². The summed E-state index contributed by atoms with van der Waals surface area (Å²) in [6, 6.07) is 3.71. The molecule has 0 atom stereocenters. The number of thiophene rings is 1. The number of nitrogens with one attached hydrogen (secondary N) is 3. The van der Waals surface area contributed by atoms with Gasteiger partial charge in [-0.2, -0.15) is 0 Å². The van der Waals surface area contributed by atoms with Gasteiger partial charge in [-0.15, -0.1) is 22.7 Å². The van der Waals surface area contributed by atoms with E-state index in [1.807, 2.05) is 37.6 Å². The predicted molar refractivity (Wildman–Crippen MR) is 101 cm³/mol. The van der Waals surface area contributed by atoms with Gasteiger partial charge in [-0.3, -0.25) is 4.79 Å². The van der Waals surface area contributed by atoms with Gasteiger partial charge >= 0.3 is 0 Å². The highest BCUT2D eigenvalue weighted by Crippen LogP contribution is 2.11. The number of hydrogen-bond acceptors (Lipinski definition) is 5. The van der Waals surface area contributed by atoms with Crippen LogP contribution in [0.15, 0.2) is 28.7 Å². The maximum Gasteiger partial charge on any atom is 0.261 e. The zero-order chi connectivity index (χ0) is 17.2. The zero-order valence-corrected chi connectivity index (χ0v) is 15.6. The number of rotatable bonds is 8. The molecular formula is C16H23N5OS2. The van der Waals surface area contributed by atoms with Crippen molar-refractivity contribution in [3.05, 3.63) is 38.5 Å². The summed E-state index contributed by atoms with van der Waals surface area (Å²) in [5.74, 6) is 0.764. The van der Waals surface area contributed by atoms with Crippen LogP contribution in [0.3, 0.4) is 0 Å². The molecule has 0 fully saturated rings. The van der Waals surface area contributed by atoms with Crippen molar-refractivity contribution >= 4 is 34.5 Å². The first-order valence-electron chi connectivity index (χ1n) is 7.94. The highest BCUT2D eigenvalue weighted by Gasteiger charge is 2.05. The second-order valence-electron chi connectivity index (χ2n) is 5.07. The van der Waals surface area contributed by atoms with Gasteiger partial charge in [0.05, 0.1) is 11.4 Å². The van der Waals surface area contributed by atoms with E-state index in [4.69, 9.17) is 0 Å². The quantitative estimate of drug-likeness (QED) is 0.381. The molecule has 2 rings (SSSR count). The zero-order valence-electron chi connectivity index (χ0n) is 14.0. The van der Waals surface area contributed by atoms with E-state index in [0.717, 1.165) is 35.4 Å². The van der Waals surface area contributed by atoms with Crippen molar-refractivity contribution in [2.75, 3.05) is 19.6 Å². The third-order valence-electron chi connectivity index (χ3n) is 3.06. The Balaban J connectivity index is 1.68. The van der Waals surface area contributed by atoms with Crippen LogP contribution in [-0.4, -0.2) is 36.5 Å². The Morgan fingerprint density at radius 3 is 2.79 bits per heavy atom. The fourth-order valence-electron chi connectivity index (χ4n) is 1.95. The molecule has 8 heteroatoms. The number of aromatic nitrogens is 1. The minimum Gasteiger partial charge on any atom is -0.357 e. The topological polar surface area (TPSA) is 78.4 Å². The molecule has 0 unspecified atom stereocenters. The van der Waals surface area contributed by atoms with E-state index in [1.54, 1.807) is 11.3 Å². The monoisotopic (exact) mass is 365 g/mol. The van der Waals surface area contributed by atoms with Crippen LogP contribution in [0.4, 0.5) is 0 Å². The van der Waals surface area contributed by atoms with Gasteiger partial charge in [0.2, 0.25) is 0 Å². The summed E-state index contributed by atoms with van der Waals surface area (Å²) in [6.45, 7) is 6.83. The molecule has 6 nitrogen and oxygen atoms in total. The summed E-state index contributed by atoms with van der Waals surface area (Å²) >= 11 is 3.11. The molecular weight excluding hydrogens is 342 g/mol. The molecule has 0 aliphatic carbocycles. The number of carbonyl (C=O) groups excluding carboxylic acids is 1. The standard InChI is InChI=1S/C16H23N5OS2/c1-3-17-16(21-11-14-20-10-12(2)24-14)19-8-5-7-18-15(22)13-6-4-9-23-13/h4,6,9-10H,3,5,7-8,11H2,1-2H3,(H,18,22)(H2,17,19,21). The largest absolute Gasteiger partial charge is 0.357 e. The van der Waals surface area contributed by atoms with E-state index in [9.17, 15) is 4.79 Å². The van der Waals surface area contributed by atoms with Crippen molar-refractivity contribution in [3.8, 4) is 0 Å². The van der Waals surface area contributed by atoms with E-state index in [0.29, 0.717) is 13.1 Å². The van der Waals surface area contributed by atoms with Crippen molar-refractivity contribution < 1.29 is 4.79 Å². The number of carbonyl (C=O) groups is 1. The van der Waals surface area contributed by atoms with Crippen LogP contribution in [0.1, 0.15) is 32.9 Å². The molecule has 0 saturated carbocycles. The minimum absolute atomic E-state index is 0.00952. The third kappa shape index (κ3) is 6.29. The Morgan fingerprint density at radius 1 is 1.29 bits per heavy atom. The predicted octanol–water partition coefficient (Wildman–Crippen LogP) is 2.39. The lowest BCUT2D eigenvalue weighted by atomic mass is 10.4. The molecule has 0 radical (unpaired) electrons. The SMILES string of the molecule is CCNC(=NCc1ncc(C)s1)NCCCNC(=O)c1cccs1. The van der Waals surface area contributed by atoms with Crippen molar-refractivity contribution in [1.82, 2.24) is 20.9 Å². The number of hydrogen-bond donors (Lipinski definition) is 3. The number of aryl methyl sites for hydroxylation is 1. The molecule has 2 heterocycles.